The number of aliphatic hydroxyl groups is 1. The Balaban J connectivity index is 1.71. The third-order valence-corrected chi connectivity index (χ3v) is 5.58. The molecule has 1 fully saturated rings. The molecule has 8 heteroatoms. The molecule has 1 aromatic rings. The average Bonchev–Trinajstić information content (AvgIpc) is 3.30. The van der Waals surface area contributed by atoms with Crippen LogP contribution in [0.1, 0.15) is 32.3 Å². The number of rotatable bonds is 5. The van der Waals surface area contributed by atoms with Crippen LogP contribution < -0.4 is 20.3 Å². The van der Waals surface area contributed by atoms with Gasteiger partial charge in [-0.3, -0.25) is 4.79 Å². The number of nitrogens with one attached hydrogen (secondary N) is 3. The fourth-order valence-corrected chi connectivity index (χ4v) is 4.22. The van der Waals surface area contributed by atoms with Crippen LogP contribution in [0.5, 0.6) is 5.75 Å². The molecule has 0 aliphatic carbocycles. The van der Waals surface area contributed by atoms with Crippen LogP contribution in [-0.2, 0) is 11.2 Å². The number of hydrogen-bond donors (Lipinski definition) is 4. The van der Waals surface area contributed by atoms with E-state index in [0.29, 0.717) is 11.5 Å². The van der Waals surface area contributed by atoms with Gasteiger partial charge in [0.25, 0.3) is 5.91 Å². The summed E-state index contributed by atoms with van der Waals surface area (Å²) in [7, 11) is 0. The molecule has 4 rings (SSSR count). The minimum atomic E-state index is -0.418. The Kier molecular flexibility index (Phi) is 5.34. The molecule has 3 aliphatic heterocycles. The maximum absolute atomic E-state index is 13.0. The molecule has 1 atom stereocenters. The van der Waals surface area contributed by atoms with E-state index < -0.39 is 5.91 Å². The number of aliphatic imine (C=N–C) groups is 1. The maximum atomic E-state index is 13.0. The SMILES string of the molecule is CC1(C)Cc2cc(NC(=O)/C(C=N)=C3\N=CC=CN3)c(N3CCCC3CO)cc2O1. The van der Waals surface area contributed by atoms with Crippen LogP contribution in [0, 0.1) is 5.41 Å². The smallest absolute Gasteiger partial charge is 0.261 e. The van der Waals surface area contributed by atoms with Crippen LogP contribution in [0.4, 0.5) is 11.4 Å². The number of carbonyl (C=O) groups excluding carboxylic acids is 1. The first-order valence-electron chi connectivity index (χ1n) is 10.2. The van der Waals surface area contributed by atoms with Gasteiger partial charge in [0.15, 0.2) is 0 Å². The molecule has 0 aromatic heterocycles. The third-order valence-electron chi connectivity index (χ3n) is 5.58. The number of allylic oxidation sites excluding steroid dienone is 1. The van der Waals surface area contributed by atoms with E-state index in [-0.39, 0.29) is 23.8 Å². The van der Waals surface area contributed by atoms with Crippen LogP contribution >= 0.6 is 0 Å². The van der Waals surface area contributed by atoms with Crippen LogP contribution in [-0.4, -0.2) is 48.2 Å². The van der Waals surface area contributed by atoms with Crippen molar-refractivity contribution in [1.82, 2.24) is 5.32 Å². The summed E-state index contributed by atoms with van der Waals surface area (Å²) in [5, 5.41) is 23.4. The van der Waals surface area contributed by atoms with Gasteiger partial charge < -0.3 is 30.8 Å². The Bertz CT molecular complexity index is 964. The molecule has 0 bridgehead atoms. The van der Waals surface area contributed by atoms with Crippen LogP contribution in [0.3, 0.4) is 0 Å². The second kappa shape index (κ2) is 7.95. The summed E-state index contributed by atoms with van der Waals surface area (Å²) in [4.78, 5) is 19.3. The van der Waals surface area contributed by atoms with Crippen molar-refractivity contribution < 1.29 is 14.6 Å². The summed E-state index contributed by atoms with van der Waals surface area (Å²) in [5.41, 5.74) is 2.33. The Morgan fingerprint density at radius 1 is 1.50 bits per heavy atom. The Hall–Kier alpha value is -3.13. The first-order chi connectivity index (χ1) is 14.4. The summed E-state index contributed by atoms with van der Waals surface area (Å²) in [6, 6.07) is 3.92. The van der Waals surface area contributed by atoms with Gasteiger partial charge in [0.1, 0.15) is 17.2 Å². The summed E-state index contributed by atoms with van der Waals surface area (Å²) in [5.74, 6) is 0.719. The molecule has 3 aliphatic rings. The average molecular weight is 409 g/mol. The lowest BCUT2D eigenvalue weighted by Crippen LogP contribution is -2.33. The van der Waals surface area contributed by atoms with Gasteiger partial charge >= 0.3 is 0 Å². The number of nitrogens with zero attached hydrogens (tertiary/aromatic N) is 2. The van der Waals surface area contributed by atoms with Crippen molar-refractivity contribution in [3.05, 3.63) is 41.4 Å². The molecular formula is C22H27N5O3. The van der Waals surface area contributed by atoms with Gasteiger partial charge in [-0.25, -0.2) is 4.99 Å². The lowest BCUT2D eigenvalue weighted by Gasteiger charge is -2.28. The Morgan fingerprint density at radius 3 is 3.03 bits per heavy atom. The largest absolute Gasteiger partial charge is 0.487 e. The van der Waals surface area contributed by atoms with E-state index in [9.17, 15) is 9.90 Å². The van der Waals surface area contributed by atoms with Crippen molar-refractivity contribution in [3.63, 3.8) is 0 Å². The van der Waals surface area contributed by atoms with Gasteiger partial charge in [-0.05, 0) is 38.8 Å². The van der Waals surface area contributed by atoms with Crippen molar-refractivity contribution in [1.29, 1.82) is 5.41 Å². The molecule has 1 amide bonds. The number of fused-ring (bicyclic) bond motifs is 1. The predicted octanol–water partition coefficient (Wildman–Crippen LogP) is 2.35. The number of amides is 1. The highest BCUT2D eigenvalue weighted by Crippen LogP contribution is 2.43. The monoisotopic (exact) mass is 409 g/mol. The van der Waals surface area contributed by atoms with Crippen molar-refractivity contribution in [2.75, 3.05) is 23.4 Å². The second-order valence-corrected chi connectivity index (χ2v) is 8.33. The fourth-order valence-electron chi connectivity index (χ4n) is 4.22. The van der Waals surface area contributed by atoms with Gasteiger partial charge in [0.05, 0.1) is 29.6 Å². The molecule has 0 saturated carbocycles. The molecule has 0 spiro atoms. The first kappa shape index (κ1) is 20.2. The Labute approximate surface area is 175 Å². The highest BCUT2D eigenvalue weighted by atomic mass is 16.5. The molecular weight excluding hydrogens is 382 g/mol. The summed E-state index contributed by atoms with van der Waals surface area (Å²) < 4.78 is 6.10. The fraction of sp³-hybridized carbons (Fsp3) is 0.409. The number of benzene rings is 1. The lowest BCUT2D eigenvalue weighted by atomic mass is 10.0. The summed E-state index contributed by atoms with van der Waals surface area (Å²) in [6.07, 6.45) is 8.56. The van der Waals surface area contributed by atoms with Gasteiger partial charge in [-0.1, -0.05) is 0 Å². The van der Waals surface area contributed by atoms with Crippen LogP contribution in [0.15, 0.2) is 40.8 Å². The van der Waals surface area contributed by atoms with Crippen molar-refractivity contribution in [3.8, 4) is 5.75 Å². The zero-order valence-corrected chi connectivity index (χ0v) is 17.2. The number of ether oxygens (including phenoxy) is 1. The zero-order valence-electron chi connectivity index (χ0n) is 17.2. The van der Waals surface area contributed by atoms with Crippen LogP contribution in [0.2, 0.25) is 0 Å². The molecule has 4 N–H and O–H groups in total. The number of carbonyl (C=O) groups is 1. The minimum Gasteiger partial charge on any atom is -0.487 e. The van der Waals surface area contributed by atoms with E-state index >= 15 is 0 Å². The maximum Gasteiger partial charge on any atom is 0.261 e. The van der Waals surface area contributed by atoms with E-state index in [2.05, 4.69) is 20.5 Å². The number of aliphatic hydroxyl groups excluding tert-OH is 1. The van der Waals surface area contributed by atoms with E-state index in [1.807, 2.05) is 26.0 Å². The normalized spacial score (nSPS) is 22.9. The standard InChI is InChI=1S/C22H27N5O3/c1-22(2)11-14-9-17(26-21(29)16(12-23)20-24-6-4-7-25-20)18(10-19(14)30-22)27-8-3-5-15(27)13-28/h4,6-7,9-10,12,15,23-24,28H,3,5,8,11,13H2,1-2H3,(H,26,29)/b20-16-,23-12?. The molecule has 8 nitrogen and oxygen atoms in total. The van der Waals surface area contributed by atoms with Crippen molar-refractivity contribution in [2.45, 2.75) is 44.8 Å². The highest BCUT2D eigenvalue weighted by Gasteiger charge is 2.34. The van der Waals surface area contributed by atoms with E-state index in [1.165, 1.54) is 0 Å². The molecule has 30 heavy (non-hydrogen) atoms. The molecule has 158 valence electrons. The quantitative estimate of drug-likeness (QED) is 0.441. The second-order valence-electron chi connectivity index (χ2n) is 8.33. The number of anilines is 2. The van der Waals surface area contributed by atoms with Crippen LogP contribution in [0.25, 0.3) is 0 Å². The summed E-state index contributed by atoms with van der Waals surface area (Å²) in [6.45, 7) is 4.92. The lowest BCUT2D eigenvalue weighted by molar-refractivity contribution is -0.112. The van der Waals surface area contributed by atoms with E-state index in [0.717, 1.165) is 49.0 Å². The van der Waals surface area contributed by atoms with E-state index in [4.69, 9.17) is 10.1 Å². The topological polar surface area (TPSA) is 110 Å². The molecule has 1 unspecified atom stereocenters. The van der Waals surface area contributed by atoms with Crippen molar-refractivity contribution in [2.24, 2.45) is 4.99 Å². The van der Waals surface area contributed by atoms with Crippen molar-refractivity contribution >= 4 is 29.7 Å². The number of hydrogen-bond acceptors (Lipinski definition) is 7. The highest BCUT2D eigenvalue weighted by molar-refractivity contribution is 6.18. The predicted molar refractivity (Wildman–Crippen MR) is 118 cm³/mol. The first-order valence-corrected chi connectivity index (χ1v) is 10.2. The molecule has 1 saturated heterocycles. The van der Waals surface area contributed by atoms with Gasteiger partial charge in [0.2, 0.25) is 0 Å². The van der Waals surface area contributed by atoms with Gasteiger partial charge in [-0.2, -0.15) is 0 Å². The molecule has 1 aromatic carbocycles. The molecule has 0 radical (unpaired) electrons. The molecule has 3 heterocycles. The Morgan fingerprint density at radius 2 is 2.33 bits per heavy atom. The zero-order chi connectivity index (χ0) is 21.3. The summed E-state index contributed by atoms with van der Waals surface area (Å²) >= 11 is 0. The third kappa shape index (κ3) is 3.82. The van der Waals surface area contributed by atoms with Gasteiger partial charge in [0, 0.05) is 43.2 Å². The minimum absolute atomic E-state index is 0.00317. The van der Waals surface area contributed by atoms with E-state index in [1.54, 1.807) is 18.5 Å². The van der Waals surface area contributed by atoms with Gasteiger partial charge in [-0.15, -0.1) is 0 Å².